The zero-order chi connectivity index (χ0) is 19.9. The molecule has 1 N–H and O–H groups in total. The Morgan fingerprint density at radius 3 is 2.54 bits per heavy atom. The number of carbonyl (C=O) groups is 1. The molecule has 2 aromatic rings. The van der Waals surface area contributed by atoms with Crippen LogP contribution >= 0.6 is 11.6 Å². The second-order valence-corrected chi connectivity index (χ2v) is 8.68. The number of hydrogen-bond acceptors (Lipinski definition) is 2. The van der Waals surface area contributed by atoms with Crippen LogP contribution in [0.5, 0.6) is 0 Å². The van der Waals surface area contributed by atoms with Gasteiger partial charge in [-0.3, -0.25) is 9.69 Å². The molecule has 0 aromatic heterocycles. The Bertz CT molecular complexity index is 878. The molecule has 1 unspecified atom stereocenters. The first kappa shape index (κ1) is 19.4. The number of carbonyl (C=O) groups excluding carboxylic acids is 1. The number of amides is 1. The minimum Gasteiger partial charge on any atom is -0.343 e. The van der Waals surface area contributed by atoms with Crippen LogP contribution in [-0.4, -0.2) is 29.9 Å². The topological polar surface area (TPSA) is 32.3 Å². The van der Waals surface area contributed by atoms with Gasteiger partial charge in [-0.15, -0.1) is 0 Å². The van der Waals surface area contributed by atoms with E-state index in [0.29, 0.717) is 5.56 Å². The smallest absolute Gasteiger partial charge is 0.256 e. The fourth-order valence-electron chi connectivity index (χ4n) is 5.06. The Labute approximate surface area is 170 Å². The van der Waals surface area contributed by atoms with Crippen LogP contribution in [0.1, 0.15) is 53.2 Å². The maximum atomic E-state index is 14.5. The van der Waals surface area contributed by atoms with Gasteiger partial charge < -0.3 is 5.32 Å². The molecule has 1 aliphatic carbocycles. The highest BCUT2D eigenvalue weighted by atomic mass is 35.5. The summed E-state index contributed by atoms with van der Waals surface area (Å²) >= 11 is 6.30. The minimum absolute atomic E-state index is 0.0638. The Hall–Kier alpha value is -1.91. The maximum Gasteiger partial charge on any atom is 0.256 e. The molecule has 1 atom stereocenters. The minimum atomic E-state index is -0.585. The van der Waals surface area contributed by atoms with Crippen molar-refractivity contribution in [2.75, 3.05) is 13.6 Å². The summed E-state index contributed by atoms with van der Waals surface area (Å²) in [6, 6.07) is 12.7. The molecule has 1 saturated carbocycles. The maximum absolute atomic E-state index is 14.5. The van der Waals surface area contributed by atoms with E-state index in [0.717, 1.165) is 30.9 Å². The molecule has 1 amide bonds. The zero-order valence-electron chi connectivity index (χ0n) is 16.3. The van der Waals surface area contributed by atoms with Crippen molar-refractivity contribution in [3.8, 4) is 0 Å². The van der Waals surface area contributed by atoms with Gasteiger partial charge in [-0.05, 0) is 62.8 Å². The highest BCUT2D eigenvalue weighted by molar-refractivity contribution is 6.34. The van der Waals surface area contributed by atoms with Crippen molar-refractivity contribution in [3.05, 3.63) is 70.0 Å². The molecular weight excluding hydrogens is 375 g/mol. The van der Waals surface area contributed by atoms with Crippen molar-refractivity contribution in [1.29, 1.82) is 0 Å². The van der Waals surface area contributed by atoms with E-state index in [1.54, 1.807) is 13.0 Å². The van der Waals surface area contributed by atoms with E-state index >= 15 is 0 Å². The fourth-order valence-corrected chi connectivity index (χ4v) is 5.30. The molecule has 2 heterocycles. The third-order valence-corrected chi connectivity index (χ3v) is 7.21. The third kappa shape index (κ3) is 3.23. The van der Waals surface area contributed by atoms with Gasteiger partial charge in [0.2, 0.25) is 0 Å². The predicted octanol–water partition coefficient (Wildman–Crippen LogP) is 5.13. The number of hydrogen-bond donors (Lipinski definition) is 1. The number of rotatable bonds is 4. The van der Waals surface area contributed by atoms with E-state index in [-0.39, 0.29) is 22.2 Å². The second kappa shape index (κ2) is 7.49. The van der Waals surface area contributed by atoms with Crippen molar-refractivity contribution in [2.45, 2.75) is 44.2 Å². The number of fused-ring (bicyclic) bond motifs is 3. The lowest BCUT2D eigenvalue weighted by atomic mass is 9.66. The SMILES string of the molecule is Cc1ccc(F)c(C(=O)NC(c2ccccc2)C23CCC(CC2)CN3C)c1Cl. The molecule has 2 saturated heterocycles. The molecule has 3 aliphatic rings. The van der Waals surface area contributed by atoms with Gasteiger partial charge in [-0.2, -0.15) is 0 Å². The monoisotopic (exact) mass is 400 g/mol. The largest absolute Gasteiger partial charge is 0.343 e. The average molecular weight is 401 g/mol. The van der Waals surface area contributed by atoms with Gasteiger partial charge >= 0.3 is 0 Å². The van der Waals surface area contributed by atoms with Gasteiger partial charge in [0.15, 0.2) is 0 Å². The van der Waals surface area contributed by atoms with Gasteiger partial charge in [0, 0.05) is 12.1 Å². The standard InChI is InChI=1S/C23H26ClFN2O/c1-15-8-9-18(25)19(20(15)24)22(28)26-21(17-6-4-3-5-7-17)23-12-10-16(11-13-23)14-27(23)2/h3-9,16,21H,10-14H2,1-2H3,(H,26,28). The predicted molar refractivity (Wildman–Crippen MR) is 110 cm³/mol. The first-order valence-corrected chi connectivity index (χ1v) is 10.3. The quantitative estimate of drug-likeness (QED) is 0.771. The number of piperidine rings is 2. The first-order chi connectivity index (χ1) is 13.4. The van der Waals surface area contributed by atoms with Crippen LogP contribution in [0.3, 0.4) is 0 Å². The van der Waals surface area contributed by atoms with Gasteiger partial charge in [0.25, 0.3) is 5.91 Å². The van der Waals surface area contributed by atoms with Crippen LogP contribution in [0.25, 0.3) is 0 Å². The molecular formula is C23H26ClFN2O. The highest BCUT2D eigenvalue weighted by Crippen LogP contribution is 2.49. The molecule has 28 heavy (non-hydrogen) atoms. The summed E-state index contributed by atoms with van der Waals surface area (Å²) < 4.78 is 14.5. The molecule has 2 bridgehead atoms. The lowest BCUT2D eigenvalue weighted by molar-refractivity contribution is -0.0404. The average Bonchev–Trinajstić information content (AvgIpc) is 2.71. The fraction of sp³-hybridized carbons (Fsp3) is 0.435. The van der Waals surface area contributed by atoms with Crippen molar-refractivity contribution < 1.29 is 9.18 Å². The van der Waals surface area contributed by atoms with Crippen molar-refractivity contribution in [3.63, 3.8) is 0 Å². The Morgan fingerprint density at radius 2 is 1.89 bits per heavy atom. The van der Waals surface area contributed by atoms with E-state index in [1.807, 2.05) is 30.3 Å². The molecule has 0 radical (unpaired) electrons. The van der Waals surface area contributed by atoms with E-state index in [9.17, 15) is 9.18 Å². The molecule has 5 heteroatoms. The van der Waals surface area contributed by atoms with Crippen LogP contribution < -0.4 is 5.32 Å². The molecule has 5 rings (SSSR count). The van der Waals surface area contributed by atoms with Gasteiger partial charge in [0.1, 0.15) is 5.82 Å². The molecule has 3 nitrogen and oxygen atoms in total. The van der Waals surface area contributed by atoms with Crippen LogP contribution in [0.15, 0.2) is 42.5 Å². The highest BCUT2D eigenvalue weighted by Gasteiger charge is 2.50. The second-order valence-electron chi connectivity index (χ2n) is 8.30. The van der Waals surface area contributed by atoms with Crippen LogP contribution in [-0.2, 0) is 0 Å². The lowest BCUT2D eigenvalue weighted by Gasteiger charge is -2.57. The number of nitrogens with zero attached hydrogens (tertiary/aromatic N) is 1. The summed E-state index contributed by atoms with van der Waals surface area (Å²) in [5.41, 5.74) is 1.52. The van der Waals surface area contributed by atoms with Crippen LogP contribution in [0, 0.1) is 18.7 Å². The molecule has 3 fully saturated rings. The van der Waals surface area contributed by atoms with E-state index < -0.39 is 11.7 Å². The zero-order valence-corrected chi connectivity index (χ0v) is 17.1. The summed E-state index contributed by atoms with van der Waals surface area (Å²) in [7, 11) is 2.15. The Morgan fingerprint density at radius 1 is 1.21 bits per heavy atom. The summed E-state index contributed by atoms with van der Waals surface area (Å²) in [6.45, 7) is 2.82. The number of benzene rings is 2. The van der Waals surface area contributed by atoms with Gasteiger partial charge in [-0.1, -0.05) is 48.0 Å². The van der Waals surface area contributed by atoms with Crippen LogP contribution in [0.4, 0.5) is 4.39 Å². The molecule has 2 aromatic carbocycles. The third-order valence-electron chi connectivity index (χ3n) is 6.72. The summed E-state index contributed by atoms with van der Waals surface area (Å²) in [4.78, 5) is 15.6. The summed E-state index contributed by atoms with van der Waals surface area (Å²) in [5, 5.41) is 3.35. The number of halogens is 2. The van der Waals surface area contributed by atoms with Crippen molar-refractivity contribution in [1.82, 2.24) is 10.2 Å². The van der Waals surface area contributed by atoms with Crippen molar-refractivity contribution >= 4 is 17.5 Å². The molecule has 148 valence electrons. The van der Waals surface area contributed by atoms with Gasteiger partial charge in [0.05, 0.1) is 16.6 Å². The van der Waals surface area contributed by atoms with E-state index in [4.69, 9.17) is 11.6 Å². The number of likely N-dealkylation sites (N-methyl/N-ethyl adjacent to an activating group) is 1. The number of nitrogens with one attached hydrogen (secondary N) is 1. The molecule has 0 spiro atoms. The van der Waals surface area contributed by atoms with Gasteiger partial charge in [-0.25, -0.2) is 4.39 Å². The normalized spacial score (nSPS) is 25.5. The summed E-state index contributed by atoms with van der Waals surface area (Å²) in [6.07, 6.45) is 4.39. The van der Waals surface area contributed by atoms with E-state index in [1.165, 1.54) is 18.9 Å². The Kier molecular flexibility index (Phi) is 5.19. The van der Waals surface area contributed by atoms with Crippen molar-refractivity contribution in [2.24, 2.45) is 5.92 Å². The summed E-state index contributed by atoms with van der Waals surface area (Å²) in [5.74, 6) is -0.295. The van der Waals surface area contributed by atoms with E-state index in [2.05, 4.69) is 17.3 Å². The first-order valence-electron chi connectivity index (χ1n) is 9.94. The number of aryl methyl sites for hydroxylation is 1. The molecule has 2 aliphatic heterocycles. The Balaban J connectivity index is 1.74. The lowest BCUT2D eigenvalue weighted by Crippen LogP contribution is -2.62. The van der Waals surface area contributed by atoms with Crippen LogP contribution in [0.2, 0.25) is 5.02 Å².